The molecule has 2 heterocycles. The largest absolute Gasteiger partial charge is 0.466 e. The van der Waals surface area contributed by atoms with Crippen LogP contribution in [0.3, 0.4) is 0 Å². The molecule has 0 bridgehead atoms. The van der Waals surface area contributed by atoms with Crippen LogP contribution < -0.4 is 4.74 Å². The molecular formula is C19H14N2O5. The van der Waals surface area contributed by atoms with Crippen LogP contribution in [0.5, 0.6) is 5.75 Å². The predicted molar refractivity (Wildman–Crippen MR) is 94.1 cm³/mol. The van der Waals surface area contributed by atoms with Crippen LogP contribution in [0.4, 0.5) is 5.69 Å². The van der Waals surface area contributed by atoms with Crippen molar-refractivity contribution in [3.63, 3.8) is 0 Å². The summed E-state index contributed by atoms with van der Waals surface area (Å²) in [5.74, 6) is 2.11. The van der Waals surface area contributed by atoms with Gasteiger partial charge in [-0.1, -0.05) is 17.3 Å². The Morgan fingerprint density at radius 2 is 2.12 bits per heavy atom. The third kappa shape index (κ3) is 2.79. The number of allylic oxidation sites excluding steroid dienone is 2. The van der Waals surface area contributed by atoms with Gasteiger partial charge in [0.1, 0.15) is 17.3 Å². The summed E-state index contributed by atoms with van der Waals surface area (Å²) in [5.41, 5.74) is 2.93. The Morgan fingerprint density at radius 3 is 2.85 bits per heavy atom. The minimum atomic E-state index is -0.435. The fraction of sp³-hybridized carbons (Fsp3) is 0.105. The lowest BCUT2D eigenvalue weighted by Gasteiger charge is -2.10. The van der Waals surface area contributed by atoms with Crippen molar-refractivity contribution in [1.29, 1.82) is 0 Å². The average Bonchev–Trinajstić information content (AvgIpc) is 3.30. The smallest absolute Gasteiger partial charge is 0.270 e. The van der Waals surface area contributed by atoms with Gasteiger partial charge in [0.05, 0.1) is 17.4 Å². The van der Waals surface area contributed by atoms with Crippen molar-refractivity contribution in [1.82, 2.24) is 0 Å². The SMILES string of the molecule is O=[N+]([O-])c1cccc(-c2cc(C=NO)cc3c2OC(=C2CC=CO2)C3)c1. The maximum absolute atomic E-state index is 11.1. The number of rotatable bonds is 3. The summed E-state index contributed by atoms with van der Waals surface area (Å²) in [4.78, 5) is 10.7. The minimum absolute atomic E-state index is 0.00243. The van der Waals surface area contributed by atoms with E-state index in [0.29, 0.717) is 35.3 Å². The van der Waals surface area contributed by atoms with E-state index in [4.69, 9.17) is 14.7 Å². The van der Waals surface area contributed by atoms with E-state index in [1.807, 2.05) is 12.1 Å². The Labute approximate surface area is 148 Å². The van der Waals surface area contributed by atoms with Crippen molar-refractivity contribution in [2.75, 3.05) is 0 Å². The van der Waals surface area contributed by atoms with Gasteiger partial charge in [0.25, 0.3) is 5.69 Å². The Morgan fingerprint density at radius 1 is 1.23 bits per heavy atom. The first-order chi connectivity index (χ1) is 12.7. The van der Waals surface area contributed by atoms with E-state index in [1.54, 1.807) is 24.5 Å². The lowest BCUT2D eigenvalue weighted by atomic mass is 9.97. The number of nitrogens with zero attached hydrogens (tertiary/aromatic N) is 2. The zero-order valence-electron chi connectivity index (χ0n) is 13.6. The zero-order valence-corrected chi connectivity index (χ0v) is 13.6. The maximum Gasteiger partial charge on any atom is 0.270 e. The topological polar surface area (TPSA) is 94.2 Å². The first kappa shape index (κ1) is 15.9. The molecule has 0 atom stereocenters. The number of nitro benzene ring substituents is 1. The fourth-order valence-corrected chi connectivity index (χ4v) is 3.11. The number of ether oxygens (including phenoxy) is 2. The third-order valence-corrected chi connectivity index (χ3v) is 4.26. The Hall–Kier alpha value is -3.61. The van der Waals surface area contributed by atoms with Gasteiger partial charge in [0.2, 0.25) is 0 Å². The first-order valence-corrected chi connectivity index (χ1v) is 7.96. The van der Waals surface area contributed by atoms with Gasteiger partial charge in [-0.2, -0.15) is 0 Å². The summed E-state index contributed by atoms with van der Waals surface area (Å²) in [5, 5.41) is 23.1. The second-order valence-corrected chi connectivity index (χ2v) is 5.93. The summed E-state index contributed by atoms with van der Waals surface area (Å²) >= 11 is 0. The van der Waals surface area contributed by atoms with Gasteiger partial charge >= 0.3 is 0 Å². The van der Waals surface area contributed by atoms with E-state index in [1.165, 1.54) is 18.3 Å². The zero-order chi connectivity index (χ0) is 18.1. The molecule has 2 aliphatic rings. The minimum Gasteiger partial charge on any atom is -0.466 e. The molecule has 2 aromatic rings. The molecule has 0 aromatic heterocycles. The summed E-state index contributed by atoms with van der Waals surface area (Å²) in [7, 11) is 0. The predicted octanol–water partition coefficient (Wildman–Crippen LogP) is 4.15. The monoisotopic (exact) mass is 350 g/mol. The van der Waals surface area contributed by atoms with E-state index >= 15 is 0 Å². The van der Waals surface area contributed by atoms with Crippen LogP contribution in [0.15, 0.2) is 65.4 Å². The highest BCUT2D eigenvalue weighted by molar-refractivity contribution is 5.86. The van der Waals surface area contributed by atoms with Gasteiger partial charge in [-0.05, 0) is 29.3 Å². The molecule has 130 valence electrons. The van der Waals surface area contributed by atoms with Crippen molar-refractivity contribution in [3.8, 4) is 16.9 Å². The van der Waals surface area contributed by atoms with E-state index in [9.17, 15) is 10.1 Å². The number of non-ortho nitro benzene ring substituents is 1. The molecule has 26 heavy (non-hydrogen) atoms. The van der Waals surface area contributed by atoms with E-state index < -0.39 is 4.92 Å². The summed E-state index contributed by atoms with van der Waals surface area (Å²) < 4.78 is 11.5. The molecule has 0 spiro atoms. The van der Waals surface area contributed by atoms with Crippen molar-refractivity contribution in [3.05, 3.63) is 81.5 Å². The van der Waals surface area contributed by atoms with Crippen molar-refractivity contribution in [2.24, 2.45) is 5.16 Å². The molecule has 0 fully saturated rings. The highest BCUT2D eigenvalue weighted by Gasteiger charge is 2.27. The molecule has 0 unspecified atom stereocenters. The molecule has 4 rings (SSSR count). The lowest BCUT2D eigenvalue weighted by molar-refractivity contribution is -0.384. The van der Waals surface area contributed by atoms with Gasteiger partial charge in [-0.25, -0.2) is 0 Å². The highest BCUT2D eigenvalue weighted by Crippen LogP contribution is 2.43. The molecule has 0 radical (unpaired) electrons. The summed E-state index contributed by atoms with van der Waals surface area (Å²) in [6.45, 7) is 0. The maximum atomic E-state index is 11.1. The molecule has 0 saturated carbocycles. The number of hydrogen-bond acceptors (Lipinski definition) is 6. The van der Waals surface area contributed by atoms with Crippen LogP contribution in [-0.2, 0) is 11.2 Å². The van der Waals surface area contributed by atoms with Crippen LogP contribution >= 0.6 is 0 Å². The van der Waals surface area contributed by atoms with Crippen LogP contribution in [0, 0.1) is 10.1 Å². The molecule has 2 aromatic carbocycles. The van der Waals surface area contributed by atoms with Gasteiger partial charge < -0.3 is 14.7 Å². The van der Waals surface area contributed by atoms with Crippen LogP contribution in [0.2, 0.25) is 0 Å². The number of fused-ring (bicyclic) bond motifs is 1. The van der Waals surface area contributed by atoms with Gasteiger partial charge in [0, 0.05) is 36.1 Å². The Kier molecular flexibility index (Phi) is 3.89. The molecular weight excluding hydrogens is 336 g/mol. The van der Waals surface area contributed by atoms with Crippen molar-refractivity contribution >= 4 is 11.9 Å². The van der Waals surface area contributed by atoms with Crippen LogP contribution in [0.1, 0.15) is 17.5 Å². The summed E-state index contributed by atoms with van der Waals surface area (Å²) in [6, 6.07) is 9.99. The first-order valence-electron chi connectivity index (χ1n) is 7.96. The average molecular weight is 350 g/mol. The molecule has 0 aliphatic carbocycles. The number of nitro groups is 1. The van der Waals surface area contributed by atoms with E-state index in [0.717, 1.165) is 17.1 Å². The van der Waals surface area contributed by atoms with Gasteiger partial charge in [-0.15, -0.1) is 0 Å². The standard InChI is InChI=1S/C19H14N2O5/c22-20-11-12-7-14-10-18(17-5-2-6-25-17)26-19(14)16(8-12)13-3-1-4-15(9-13)21(23)24/h1-4,6-9,11,22H,5,10H2. The van der Waals surface area contributed by atoms with Gasteiger partial charge in [0.15, 0.2) is 0 Å². The fourth-order valence-electron chi connectivity index (χ4n) is 3.11. The van der Waals surface area contributed by atoms with Crippen molar-refractivity contribution < 1.29 is 19.6 Å². The Balaban J connectivity index is 1.84. The number of benzene rings is 2. The van der Waals surface area contributed by atoms with E-state index in [2.05, 4.69) is 5.16 Å². The molecule has 1 N–H and O–H groups in total. The summed E-state index contributed by atoms with van der Waals surface area (Å²) in [6.07, 6.45) is 6.06. The molecule has 7 nitrogen and oxygen atoms in total. The Bertz CT molecular complexity index is 981. The second kappa shape index (κ2) is 6.36. The molecule has 0 amide bonds. The third-order valence-electron chi connectivity index (χ3n) is 4.26. The molecule has 7 heteroatoms. The van der Waals surface area contributed by atoms with Gasteiger partial charge in [-0.3, -0.25) is 10.1 Å². The highest BCUT2D eigenvalue weighted by atomic mass is 16.6. The van der Waals surface area contributed by atoms with E-state index in [-0.39, 0.29) is 5.69 Å². The molecule has 0 saturated heterocycles. The normalized spacial score (nSPS) is 18.0. The lowest BCUT2D eigenvalue weighted by Crippen LogP contribution is -1.95. The van der Waals surface area contributed by atoms with Crippen LogP contribution in [0.25, 0.3) is 11.1 Å². The number of hydrogen-bond donors (Lipinski definition) is 1. The van der Waals surface area contributed by atoms with Crippen LogP contribution in [-0.4, -0.2) is 16.3 Å². The quantitative estimate of drug-likeness (QED) is 0.388. The molecule has 2 aliphatic heterocycles. The second-order valence-electron chi connectivity index (χ2n) is 5.93. The number of oxime groups is 1. The van der Waals surface area contributed by atoms with Crippen molar-refractivity contribution in [2.45, 2.75) is 12.8 Å².